The van der Waals surface area contributed by atoms with Crippen LogP contribution in [0.1, 0.15) is 0 Å². The number of aromatic nitrogens is 1. The standard InChI is InChI=1S/C10H11N3O3S2/c1-12-18(14,15)7-2-3-8(11)9(6-7)17-10-13-4-5-16-10/h2-6,12H,11H2,1H3. The van der Waals surface area contributed by atoms with Crippen LogP contribution in [-0.4, -0.2) is 20.4 Å². The third kappa shape index (κ3) is 2.66. The number of hydrogen-bond donors (Lipinski definition) is 2. The molecule has 2 aromatic rings. The van der Waals surface area contributed by atoms with Crippen molar-refractivity contribution in [1.82, 2.24) is 9.71 Å². The molecule has 2 rings (SSSR count). The molecule has 96 valence electrons. The summed E-state index contributed by atoms with van der Waals surface area (Å²) in [5.41, 5.74) is 6.25. The fraction of sp³-hybridized carbons (Fsp3) is 0.100. The van der Waals surface area contributed by atoms with Gasteiger partial charge >= 0.3 is 0 Å². The summed E-state index contributed by atoms with van der Waals surface area (Å²) in [5.74, 6) is 0. The van der Waals surface area contributed by atoms with E-state index in [2.05, 4.69) is 9.71 Å². The molecule has 1 heterocycles. The highest BCUT2D eigenvalue weighted by molar-refractivity contribution is 7.99. The zero-order chi connectivity index (χ0) is 13.2. The monoisotopic (exact) mass is 285 g/mol. The van der Waals surface area contributed by atoms with E-state index in [1.165, 1.54) is 49.5 Å². The molecule has 0 bridgehead atoms. The number of nitrogens with zero attached hydrogens (tertiary/aromatic N) is 1. The lowest BCUT2D eigenvalue weighted by Gasteiger charge is -2.06. The third-order valence-corrected chi connectivity index (χ3v) is 4.53. The van der Waals surface area contributed by atoms with Crippen LogP contribution >= 0.6 is 11.8 Å². The maximum Gasteiger partial charge on any atom is 0.260 e. The van der Waals surface area contributed by atoms with Crippen molar-refractivity contribution in [1.29, 1.82) is 0 Å². The van der Waals surface area contributed by atoms with Crippen LogP contribution in [0, 0.1) is 0 Å². The normalized spacial score (nSPS) is 11.6. The number of oxazole rings is 1. The van der Waals surface area contributed by atoms with Gasteiger partial charge in [0, 0.05) is 10.6 Å². The van der Waals surface area contributed by atoms with Gasteiger partial charge in [-0.2, -0.15) is 0 Å². The van der Waals surface area contributed by atoms with Crippen molar-refractivity contribution < 1.29 is 12.8 Å². The molecule has 0 fully saturated rings. The lowest BCUT2D eigenvalue weighted by Crippen LogP contribution is -2.18. The second-order valence-corrected chi connectivity index (χ2v) is 6.19. The van der Waals surface area contributed by atoms with Crippen molar-refractivity contribution >= 4 is 27.5 Å². The molecule has 0 saturated heterocycles. The fourth-order valence-electron chi connectivity index (χ4n) is 1.24. The zero-order valence-corrected chi connectivity index (χ0v) is 11.1. The molecule has 8 heteroatoms. The summed E-state index contributed by atoms with van der Waals surface area (Å²) in [6.45, 7) is 0. The van der Waals surface area contributed by atoms with Crippen molar-refractivity contribution in [2.24, 2.45) is 0 Å². The third-order valence-electron chi connectivity index (χ3n) is 2.17. The van der Waals surface area contributed by atoms with E-state index < -0.39 is 10.0 Å². The molecule has 0 unspecified atom stereocenters. The fourth-order valence-corrected chi connectivity index (χ4v) is 2.85. The maximum absolute atomic E-state index is 11.7. The Kier molecular flexibility index (Phi) is 3.60. The van der Waals surface area contributed by atoms with Gasteiger partial charge in [-0.25, -0.2) is 18.1 Å². The average Bonchev–Trinajstić information content (AvgIpc) is 2.84. The van der Waals surface area contributed by atoms with E-state index >= 15 is 0 Å². The first-order chi connectivity index (χ1) is 8.53. The number of nitrogens with one attached hydrogen (secondary N) is 1. The number of nitrogen functional groups attached to an aromatic ring is 1. The minimum Gasteiger partial charge on any atom is -0.440 e. The van der Waals surface area contributed by atoms with Gasteiger partial charge in [0.15, 0.2) is 0 Å². The van der Waals surface area contributed by atoms with Gasteiger partial charge in [-0.15, -0.1) is 0 Å². The largest absolute Gasteiger partial charge is 0.440 e. The number of nitrogens with two attached hydrogens (primary N) is 1. The molecule has 0 amide bonds. The van der Waals surface area contributed by atoms with E-state index in [1.54, 1.807) is 0 Å². The Morgan fingerprint density at radius 3 is 2.83 bits per heavy atom. The molecule has 1 aromatic carbocycles. The summed E-state index contributed by atoms with van der Waals surface area (Å²) in [7, 11) is -2.13. The minimum atomic E-state index is -3.49. The van der Waals surface area contributed by atoms with Gasteiger partial charge < -0.3 is 10.2 Å². The van der Waals surface area contributed by atoms with Gasteiger partial charge in [0.05, 0.1) is 11.1 Å². The Labute approximate surface area is 109 Å². The van der Waals surface area contributed by atoms with Crippen LogP contribution in [0.4, 0.5) is 5.69 Å². The van der Waals surface area contributed by atoms with Crippen LogP contribution in [0.25, 0.3) is 0 Å². The molecule has 6 nitrogen and oxygen atoms in total. The van der Waals surface area contributed by atoms with Crippen LogP contribution in [0.3, 0.4) is 0 Å². The molecule has 0 aliphatic rings. The number of hydrogen-bond acceptors (Lipinski definition) is 6. The lowest BCUT2D eigenvalue weighted by atomic mass is 10.3. The number of sulfonamides is 1. The van der Waals surface area contributed by atoms with Crippen molar-refractivity contribution in [2.75, 3.05) is 12.8 Å². The first-order valence-electron chi connectivity index (χ1n) is 4.93. The van der Waals surface area contributed by atoms with E-state index in [9.17, 15) is 8.42 Å². The number of benzene rings is 1. The van der Waals surface area contributed by atoms with E-state index in [0.29, 0.717) is 15.8 Å². The molecule has 0 atom stereocenters. The first kappa shape index (κ1) is 12.9. The smallest absolute Gasteiger partial charge is 0.260 e. The summed E-state index contributed by atoms with van der Waals surface area (Å²) in [6, 6.07) is 4.46. The van der Waals surface area contributed by atoms with Crippen molar-refractivity contribution in [2.45, 2.75) is 15.0 Å². The molecule has 0 aliphatic carbocycles. The Hall–Kier alpha value is -1.51. The summed E-state index contributed by atoms with van der Waals surface area (Å²) in [4.78, 5) is 4.66. The quantitative estimate of drug-likeness (QED) is 0.822. The highest BCUT2D eigenvalue weighted by Crippen LogP contribution is 2.32. The Balaban J connectivity index is 2.39. The van der Waals surface area contributed by atoms with E-state index in [4.69, 9.17) is 10.2 Å². The van der Waals surface area contributed by atoms with E-state index in [0.717, 1.165) is 0 Å². The SMILES string of the molecule is CNS(=O)(=O)c1ccc(N)c(Sc2ncco2)c1. The molecular formula is C10H11N3O3S2. The average molecular weight is 285 g/mol. The Morgan fingerprint density at radius 2 is 2.22 bits per heavy atom. The van der Waals surface area contributed by atoms with Gasteiger partial charge in [-0.1, -0.05) is 0 Å². The lowest BCUT2D eigenvalue weighted by molar-refractivity contribution is 0.454. The molecule has 0 spiro atoms. The van der Waals surface area contributed by atoms with Crippen LogP contribution in [0.5, 0.6) is 0 Å². The van der Waals surface area contributed by atoms with E-state index in [1.807, 2.05) is 0 Å². The maximum atomic E-state index is 11.7. The molecule has 0 aliphatic heterocycles. The second-order valence-electron chi connectivity index (χ2n) is 3.31. The Morgan fingerprint density at radius 1 is 1.44 bits per heavy atom. The number of rotatable bonds is 4. The van der Waals surface area contributed by atoms with Crippen LogP contribution in [-0.2, 0) is 10.0 Å². The van der Waals surface area contributed by atoms with E-state index in [-0.39, 0.29) is 4.90 Å². The van der Waals surface area contributed by atoms with Crippen molar-refractivity contribution in [3.8, 4) is 0 Å². The summed E-state index contributed by atoms with van der Waals surface area (Å²) >= 11 is 1.17. The molecule has 18 heavy (non-hydrogen) atoms. The highest BCUT2D eigenvalue weighted by atomic mass is 32.2. The Bertz CT molecular complexity index is 638. The van der Waals surface area contributed by atoms with Gasteiger partial charge in [-0.3, -0.25) is 0 Å². The topological polar surface area (TPSA) is 98.2 Å². The van der Waals surface area contributed by atoms with Crippen molar-refractivity contribution in [3.05, 3.63) is 30.7 Å². The molecular weight excluding hydrogens is 274 g/mol. The van der Waals surface area contributed by atoms with Gasteiger partial charge in [-0.05, 0) is 37.0 Å². The first-order valence-corrected chi connectivity index (χ1v) is 7.23. The summed E-state index contributed by atoms with van der Waals surface area (Å²) in [5, 5.41) is 0.403. The minimum absolute atomic E-state index is 0.147. The van der Waals surface area contributed by atoms with Gasteiger partial charge in [0.2, 0.25) is 10.0 Å². The van der Waals surface area contributed by atoms with Crippen LogP contribution < -0.4 is 10.5 Å². The van der Waals surface area contributed by atoms with Crippen molar-refractivity contribution in [3.63, 3.8) is 0 Å². The van der Waals surface area contributed by atoms with Gasteiger partial charge in [0.1, 0.15) is 6.26 Å². The summed E-state index contributed by atoms with van der Waals surface area (Å²) < 4.78 is 30.7. The van der Waals surface area contributed by atoms with Gasteiger partial charge in [0.25, 0.3) is 5.22 Å². The van der Waals surface area contributed by atoms with Crippen LogP contribution in [0.15, 0.2) is 50.1 Å². The molecule has 0 radical (unpaired) electrons. The zero-order valence-electron chi connectivity index (χ0n) is 9.45. The molecule has 0 saturated carbocycles. The predicted molar refractivity (Wildman–Crippen MR) is 67.7 cm³/mol. The summed E-state index contributed by atoms with van der Waals surface area (Å²) in [6.07, 6.45) is 2.94. The molecule has 1 aromatic heterocycles. The van der Waals surface area contributed by atoms with Crippen LogP contribution in [0.2, 0.25) is 0 Å². The number of anilines is 1. The molecule has 3 N–H and O–H groups in total. The highest BCUT2D eigenvalue weighted by Gasteiger charge is 2.14. The predicted octanol–water partition coefficient (Wildman–Crippen LogP) is 1.32. The second kappa shape index (κ2) is 5.01.